The zero-order chi connectivity index (χ0) is 27.6. The summed E-state index contributed by atoms with van der Waals surface area (Å²) in [5.74, 6) is -2.14. The molecule has 2 atom stereocenters. The number of carbonyl (C=O) groups excluding carboxylic acids is 3. The molecule has 1 spiro atoms. The summed E-state index contributed by atoms with van der Waals surface area (Å²) in [4.78, 5) is 43.3. The van der Waals surface area contributed by atoms with Gasteiger partial charge in [-0.1, -0.05) is 36.4 Å². The van der Waals surface area contributed by atoms with E-state index in [0.29, 0.717) is 5.56 Å². The molecule has 202 valence electrons. The summed E-state index contributed by atoms with van der Waals surface area (Å²) < 4.78 is 33.6. The topological polar surface area (TPSA) is 79.0 Å². The number of hydrogen-bond acceptors (Lipinski definition) is 4. The second-order valence-electron chi connectivity index (χ2n) is 9.90. The molecular formula is C30H29F2N3O4. The Morgan fingerprint density at radius 2 is 1.56 bits per heavy atom. The quantitative estimate of drug-likeness (QED) is 0.530. The molecule has 0 radical (unpaired) electrons. The van der Waals surface area contributed by atoms with Crippen molar-refractivity contribution in [3.63, 3.8) is 0 Å². The molecule has 7 nitrogen and oxygen atoms in total. The number of likely N-dealkylation sites (tertiary alicyclic amines) is 1. The van der Waals surface area contributed by atoms with Gasteiger partial charge in [0.2, 0.25) is 5.91 Å². The van der Waals surface area contributed by atoms with Gasteiger partial charge in [-0.25, -0.2) is 8.78 Å². The van der Waals surface area contributed by atoms with Crippen LogP contribution in [0.5, 0.6) is 0 Å². The third-order valence-corrected chi connectivity index (χ3v) is 7.44. The molecule has 0 saturated carbocycles. The van der Waals surface area contributed by atoms with Crippen molar-refractivity contribution in [3.05, 3.63) is 107 Å². The molecule has 2 aliphatic heterocycles. The maximum Gasteiger partial charge on any atom is 0.256 e. The predicted molar refractivity (Wildman–Crippen MR) is 140 cm³/mol. The Balaban J connectivity index is 1.38. The SMILES string of the molecule is CC(NC(=O)C1COC2(CCN(C(=O)c3ccc(F)cc3)CC2)N1C(=O)c1cccc(F)c1)c1ccccc1. The summed E-state index contributed by atoms with van der Waals surface area (Å²) in [5.41, 5.74) is 0.245. The van der Waals surface area contributed by atoms with E-state index >= 15 is 0 Å². The highest BCUT2D eigenvalue weighted by atomic mass is 19.1. The van der Waals surface area contributed by atoms with E-state index in [1.165, 1.54) is 47.4 Å². The smallest absolute Gasteiger partial charge is 0.256 e. The van der Waals surface area contributed by atoms with E-state index in [1.807, 2.05) is 37.3 Å². The molecule has 1 N–H and O–H groups in total. The van der Waals surface area contributed by atoms with Gasteiger partial charge in [-0.3, -0.25) is 19.3 Å². The monoisotopic (exact) mass is 533 g/mol. The van der Waals surface area contributed by atoms with E-state index in [2.05, 4.69) is 5.32 Å². The lowest BCUT2D eigenvalue weighted by atomic mass is 9.96. The van der Waals surface area contributed by atoms with Crippen LogP contribution in [0.25, 0.3) is 0 Å². The highest BCUT2D eigenvalue weighted by Crippen LogP contribution is 2.39. The molecule has 2 fully saturated rings. The lowest BCUT2D eigenvalue weighted by Crippen LogP contribution is -2.60. The Hall–Kier alpha value is -4.11. The fourth-order valence-electron chi connectivity index (χ4n) is 5.30. The highest BCUT2D eigenvalue weighted by Gasteiger charge is 2.54. The number of hydrogen-bond donors (Lipinski definition) is 1. The molecule has 5 rings (SSSR count). The fourth-order valence-corrected chi connectivity index (χ4v) is 5.30. The van der Waals surface area contributed by atoms with Gasteiger partial charge in [-0.15, -0.1) is 0 Å². The van der Waals surface area contributed by atoms with Gasteiger partial charge in [0.05, 0.1) is 12.6 Å². The first-order valence-electron chi connectivity index (χ1n) is 12.9. The molecule has 3 aromatic rings. The first-order chi connectivity index (χ1) is 18.8. The molecular weight excluding hydrogens is 504 g/mol. The van der Waals surface area contributed by atoms with Crippen LogP contribution in [0, 0.1) is 11.6 Å². The summed E-state index contributed by atoms with van der Waals surface area (Å²) in [6.45, 7) is 2.35. The van der Waals surface area contributed by atoms with Gasteiger partial charge >= 0.3 is 0 Å². The molecule has 2 aliphatic rings. The van der Waals surface area contributed by atoms with E-state index in [9.17, 15) is 23.2 Å². The standard InChI is InChI=1S/C30H29F2N3O4/c1-20(21-6-3-2-4-7-21)33-27(36)26-19-39-30(35(26)29(38)23-8-5-9-25(32)18-23)14-16-34(17-15-30)28(37)22-10-12-24(31)13-11-22/h2-13,18,20,26H,14-17,19H2,1H3,(H,33,36). The third-order valence-electron chi connectivity index (χ3n) is 7.44. The van der Waals surface area contributed by atoms with Crippen molar-refractivity contribution in [3.8, 4) is 0 Å². The van der Waals surface area contributed by atoms with Gasteiger partial charge in [0, 0.05) is 37.1 Å². The van der Waals surface area contributed by atoms with E-state index in [1.54, 1.807) is 4.90 Å². The second-order valence-corrected chi connectivity index (χ2v) is 9.90. The van der Waals surface area contributed by atoms with Crippen LogP contribution in [-0.2, 0) is 9.53 Å². The highest BCUT2D eigenvalue weighted by molar-refractivity contribution is 5.98. The maximum atomic E-state index is 14.0. The number of piperidine rings is 1. The molecule has 2 heterocycles. The first kappa shape index (κ1) is 26.5. The number of ether oxygens (including phenoxy) is 1. The molecule has 2 saturated heterocycles. The molecule has 0 aromatic heterocycles. The zero-order valence-corrected chi connectivity index (χ0v) is 21.5. The minimum atomic E-state index is -1.14. The number of nitrogens with zero attached hydrogens (tertiary/aromatic N) is 2. The van der Waals surface area contributed by atoms with E-state index < -0.39 is 29.3 Å². The lowest BCUT2D eigenvalue weighted by molar-refractivity contribution is -0.128. The number of halogens is 2. The van der Waals surface area contributed by atoms with Gasteiger partial charge in [0.15, 0.2) is 0 Å². The fraction of sp³-hybridized carbons (Fsp3) is 0.300. The Labute approximate surface area is 225 Å². The Morgan fingerprint density at radius 1 is 0.872 bits per heavy atom. The largest absolute Gasteiger partial charge is 0.353 e. The van der Waals surface area contributed by atoms with Crippen molar-refractivity contribution in [2.24, 2.45) is 0 Å². The van der Waals surface area contributed by atoms with E-state index in [4.69, 9.17) is 4.74 Å². The number of benzene rings is 3. The van der Waals surface area contributed by atoms with Crippen LogP contribution in [0.2, 0.25) is 0 Å². The van der Waals surface area contributed by atoms with Crippen molar-refractivity contribution >= 4 is 17.7 Å². The minimum Gasteiger partial charge on any atom is -0.353 e. The third kappa shape index (κ3) is 5.40. The second kappa shape index (κ2) is 10.9. The molecule has 2 unspecified atom stereocenters. The van der Waals surface area contributed by atoms with E-state index in [0.717, 1.165) is 11.6 Å². The number of carbonyl (C=O) groups is 3. The summed E-state index contributed by atoms with van der Waals surface area (Å²) in [5, 5.41) is 2.98. The molecule has 3 amide bonds. The normalized spacial score (nSPS) is 19.1. The van der Waals surface area contributed by atoms with Crippen molar-refractivity contribution in [2.45, 2.75) is 37.6 Å². The lowest BCUT2D eigenvalue weighted by Gasteiger charge is -2.44. The van der Waals surface area contributed by atoms with Gasteiger partial charge in [0.1, 0.15) is 23.4 Å². The molecule has 3 aromatic carbocycles. The summed E-state index contributed by atoms with van der Waals surface area (Å²) in [7, 11) is 0. The molecule has 0 aliphatic carbocycles. The Kier molecular flexibility index (Phi) is 7.43. The first-order valence-corrected chi connectivity index (χ1v) is 12.9. The van der Waals surface area contributed by atoms with Gasteiger partial charge < -0.3 is 15.0 Å². The number of rotatable bonds is 5. The predicted octanol–water partition coefficient (Wildman–Crippen LogP) is 4.32. The Bertz CT molecular complexity index is 1360. The van der Waals surface area contributed by atoms with Crippen LogP contribution in [-0.4, -0.2) is 59.0 Å². The van der Waals surface area contributed by atoms with Crippen LogP contribution in [0.1, 0.15) is 52.1 Å². The van der Waals surface area contributed by atoms with Crippen LogP contribution < -0.4 is 5.32 Å². The van der Waals surface area contributed by atoms with Crippen LogP contribution >= 0.6 is 0 Å². The summed E-state index contributed by atoms with van der Waals surface area (Å²) in [6.07, 6.45) is 0.526. The Morgan fingerprint density at radius 3 is 2.23 bits per heavy atom. The van der Waals surface area contributed by atoms with Crippen LogP contribution in [0.15, 0.2) is 78.9 Å². The summed E-state index contributed by atoms with van der Waals surface area (Å²) >= 11 is 0. The van der Waals surface area contributed by atoms with Crippen molar-refractivity contribution in [1.29, 1.82) is 0 Å². The van der Waals surface area contributed by atoms with Crippen LogP contribution in [0.3, 0.4) is 0 Å². The number of nitrogens with one attached hydrogen (secondary N) is 1. The maximum absolute atomic E-state index is 14.0. The van der Waals surface area contributed by atoms with Crippen molar-refractivity contribution in [2.75, 3.05) is 19.7 Å². The van der Waals surface area contributed by atoms with Crippen molar-refractivity contribution < 1.29 is 27.9 Å². The average Bonchev–Trinajstić information content (AvgIpc) is 3.32. The zero-order valence-electron chi connectivity index (χ0n) is 21.5. The molecule has 39 heavy (non-hydrogen) atoms. The average molecular weight is 534 g/mol. The van der Waals surface area contributed by atoms with E-state index in [-0.39, 0.29) is 56.0 Å². The summed E-state index contributed by atoms with van der Waals surface area (Å²) in [6, 6.07) is 18.9. The van der Waals surface area contributed by atoms with Gasteiger partial charge in [0.25, 0.3) is 11.8 Å². The van der Waals surface area contributed by atoms with Gasteiger partial charge in [-0.2, -0.15) is 0 Å². The minimum absolute atomic E-state index is 0.0275. The van der Waals surface area contributed by atoms with Crippen LogP contribution in [0.4, 0.5) is 8.78 Å². The van der Waals surface area contributed by atoms with Gasteiger partial charge in [-0.05, 0) is 55.0 Å². The van der Waals surface area contributed by atoms with Crippen molar-refractivity contribution in [1.82, 2.24) is 15.1 Å². The number of amides is 3. The molecule has 0 bridgehead atoms. The molecule has 9 heteroatoms.